The minimum absolute atomic E-state index is 0.696. The van der Waals surface area contributed by atoms with E-state index < -0.39 is 37.7 Å². The summed E-state index contributed by atoms with van der Waals surface area (Å²) in [5.41, 5.74) is 0. The van der Waals surface area contributed by atoms with E-state index in [0.29, 0.717) is 0 Å². The molecular formula is C6H13FO5. The quantitative estimate of drug-likeness (QED) is 0.331. The molecule has 0 fully saturated rings. The van der Waals surface area contributed by atoms with E-state index in [1.54, 1.807) is 0 Å². The molecule has 4 atom stereocenters. The van der Waals surface area contributed by atoms with Gasteiger partial charge in [0.25, 0.3) is 0 Å². The van der Waals surface area contributed by atoms with Gasteiger partial charge in [-0.2, -0.15) is 0 Å². The van der Waals surface area contributed by atoms with Crippen LogP contribution in [0.2, 0.25) is 0 Å². The minimum Gasteiger partial charge on any atom is -0.394 e. The predicted octanol–water partition coefficient (Wildman–Crippen LogP) is -2.26. The smallest absolute Gasteiger partial charge is 0.198 e. The van der Waals surface area contributed by atoms with Crippen LogP contribution in [0.4, 0.5) is 4.39 Å². The monoisotopic (exact) mass is 183 g/mol. The highest BCUT2D eigenvalue weighted by atomic mass is 18.2. The third-order valence-corrected chi connectivity index (χ3v) is 1.41. The first-order valence-electron chi connectivity index (χ1n) is 3.46. The van der Waals surface area contributed by atoms with Crippen LogP contribution in [0.5, 0.6) is 0 Å². The van der Waals surface area contributed by atoms with Gasteiger partial charge in [-0.15, -0.1) is 0 Å². The minimum atomic E-state index is -2.25. The molecule has 12 heavy (non-hydrogen) atoms. The van der Waals surface area contributed by atoms with E-state index >= 15 is 0 Å². The number of hydrogen-bond acceptors (Lipinski definition) is 5. The Balaban J connectivity index is 3.83. The maximum Gasteiger partial charge on any atom is 0.198 e. The van der Waals surface area contributed by atoms with Crippen molar-refractivity contribution >= 4 is 0 Å². The predicted molar refractivity (Wildman–Crippen MR) is 36.8 cm³/mol. The number of aliphatic hydroxyl groups excluding tert-OH is 5. The number of hydrogen-bond donors (Lipinski definition) is 5. The lowest BCUT2D eigenvalue weighted by atomic mass is 10.1. The molecule has 0 saturated heterocycles. The first-order valence-corrected chi connectivity index (χ1v) is 3.46. The maximum absolute atomic E-state index is 11.8. The standard InChI is InChI=1S/C6H13FO5/c7-5(11)1-3(9)6(12)4(10)2-8/h3-6,8-12H,1-2H2/t3-,4-,5?,6+/m1/s1/i7-1. The molecule has 0 aromatic rings. The van der Waals surface area contributed by atoms with Crippen LogP contribution in [0.25, 0.3) is 0 Å². The van der Waals surface area contributed by atoms with Gasteiger partial charge in [-0.3, -0.25) is 0 Å². The summed E-state index contributed by atoms with van der Waals surface area (Å²) in [4.78, 5) is 0. The van der Waals surface area contributed by atoms with Gasteiger partial charge in [0.15, 0.2) is 6.36 Å². The third-order valence-electron chi connectivity index (χ3n) is 1.41. The molecule has 0 bridgehead atoms. The second kappa shape index (κ2) is 5.39. The van der Waals surface area contributed by atoms with Gasteiger partial charge in [0.2, 0.25) is 0 Å². The molecule has 0 amide bonds. The van der Waals surface area contributed by atoms with Gasteiger partial charge in [0.05, 0.1) is 12.7 Å². The van der Waals surface area contributed by atoms with Gasteiger partial charge >= 0.3 is 0 Å². The lowest BCUT2D eigenvalue weighted by Crippen LogP contribution is -2.40. The fourth-order valence-corrected chi connectivity index (χ4v) is 0.703. The fourth-order valence-electron chi connectivity index (χ4n) is 0.703. The molecule has 6 heteroatoms. The van der Waals surface area contributed by atoms with Crippen molar-refractivity contribution < 1.29 is 29.9 Å². The second-order valence-corrected chi connectivity index (χ2v) is 2.48. The summed E-state index contributed by atoms with van der Waals surface area (Å²) in [6, 6.07) is 0. The summed E-state index contributed by atoms with van der Waals surface area (Å²) in [5, 5.41) is 43.0. The Labute approximate surface area is 68.7 Å². The number of rotatable bonds is 5. The fraction of sp³-hybridized carbons (Fsp3) is 1.00. The lowest BCUT2D eigenvalue weighted by Gasteiger charge is -2.21. The largest absolute Gasteiger partial charge is 0.394 e. The highest BCUT2D eigenvalue weighted by Crippen LogP contribution is 2.07. The Hall–Kier alpha value is -0.270. The lowest BCUT2D eigenvalue weighted by molar-refractivity contribution is -0.101. The Morgan fingerprint density at radius 3 is 1.83 bits per heavy atom. The molecule has 1 unspecified atom stereocenters. The topological polar surface area (TPSA) is 101 Å². The summed E-state index contributed by atoms with van der Waals surface area (Å²) < 4.78 is 11.8. The van der Waals surface area contributed by atoms with Crippen LogP contribution in [0.1, 0.15) is 6.42 Å². The van der Waals surface area contributed by atoms with Crippen LogP contribution in [0.3, 0.4) is 0 Å². The first-order chi connectivity index (χ1) is 5.49. The average molecular weight is 183 g/mol. The molecule has 0 rings (SSSR count). The summed E-state index contributed by atoms with van der Waals surface area (Å²) >= 11 is 0. The van der Waals surface area contributed by atoms with E-state index in [4.69, 9.17) is 25.5 Å². The Morgan fingerprint density at radius 2 is 1.50 bits per heavy atom. The zero-order chi connectivity index (χ0) is 9.72. The summed E-state index contributed by atoms with van der Waals surface area (Å²) in [6.07, 6.45) is -7.72. The van der Waals surface area contributed by atoms with Crippen LogP contribution in [0.15, 0.2) is 0 Å². The van der Waals surface area contributed by atoms with Gasteiger partial charge in [0.1, 0.15) is 12.2 Å². The van der Waals surface area contributed by atoms with E-state index in [0.717, 1.165) is 0 Å². The van der Waals surface area contributed by atoms with E-state index in [1.165, 1.54) is 0 Å². The summed E-state index contributed by atoms with van der Waals surface area (Å²) in [7, 11) is 0. The van der Waals surface area contributed by atoms with Crippen LogP contribution in [-0.2, 0) is 0 Å². The van der Waals surface area contributed by atoms with Gasteiger partial charge in [-0.1, -0.05) is 0 Å². The van der Waals surface area contributed by atoms with Crippen molar-refractivity contribution in [3.05, 3.63) is 0 Å². The zero-order valence-electron chi connectivity index (χ0n) is 6.34. The Bertz CT molecular complexity index is 121. The molecule has 0 aliphatic heterocycles. The van der Waals surface area contributed by atoms with Crippen LogP contribution >= 0.6 is 0 Å². The molecule has 0 heterocycles. The summed E-state index contributed by atoms with van der Waals surface area (Å²) in [5.74, 6) is 0. The zero-order valence-corrected chi connectivity index (χ0v) is 6.34. The average Bonchev–Trinajstić information content (AvgIpc) is 2.00. The molecule has 5 nitrogen and oxygen atoms in total. The molecule has 5 N–H and O–H groups in total. The highest BCUT2D eigenvalue weighted by molar-refractivity contribution is 4.74. The van der Waals surface area contributed by atoms with E-state index in [-0.39, 0.29) is 0 Å². The van der Waals surface area contributed by atoms with Gasteiger partial charge in [0, 0.05) is 6.42 Å². The molecule has 0 aliphatic carbocycles. The van der Waals surface area contributed by atoms with Crippen molar-refractivity contribution in [1.82, 2.24) is 0 Å². The van der Waals surface area contributed by atoms with Gasteiger partial charge in [-0.25, -0.2) is 4.39 Å². The van der Waals surface area contributed by atoms with E-state index in [1.807, 2.05) is 0 Å². The van der Waals surface area contributed by atoms with Crippen LogP contribution < -0.4 is 0 Å². The van der Waals surface area contributed by atoms with Crippen molar-refractivity contribution in [3.8, 4) is 0 Å². The SMILES string of the molecule is OC[C@@H](O)[C@@H](O)[C@H](O)CC(O)[18F]. The van der Waals surface area contributed by atoms with E-state index in [9.17, 15) is 4.39 Å². The molecule has 0 spiro atoms. The molecule has 0 saturated carbocycles. The third kappa shape index (κ3) is 3.93. The van der Waals surface area contributed by atoms with Crippen LogP contribution in [-0.4, -0.2) is 56.8 Å². The first kappa shape index (κ1) is 11.7. The van der Waals surface area contributed by atoms with Crippen molar-refractivity contribution in [2.75, 3.05) is 6.61 Å². The highest BCUT2D eigenvalue weighted by Gasteiger charge is 2.25. The number of halogens is 1. The molecule has 0 aliphatic rings. The number of aliphatic hydroxyl groups is 5. The molecule has 0 radical (unpaired) electrons. The van der Waals surface area contributed by atoms with Crippen molar-refractivity contribution in [2.24, 2.45) is 0 Å². The van der Waals surface area contributed by atoms with Crippen molar-refractivity contribution in [2.45, 2.75) is 31.1 Å². The maximum atomic E-state index is 11.8. The van der Waals surface area contributed by atoms with Crippen molar-refractivity contribution in [3.63, 3.8) is 0 Å². The van der Waals surface area contributed by atoms with E-state index in [2.05, 4.69) is 0 Å². The molecule has 74 valence electrons. The molecule has 0 aromatic heterocycles. The van der Waals surface area contributed by atoms with Gasteiger partial charge < -0.3 is 25.5 Å². The van der Waals surface area contributed by atoms with Crippen LogP contribution in [0, 0.1) is 0 Å². The van der Waals surface area contributed by atoms with Gasteiger partial charge in [-0.05, 0) is 0 Å². The molecule has 0 aromatic carbocycles. The Kier molecular flexibility index (Phi) is 5.27. The summed E-state index contributed by atoms with van der Waals surface area (Å²) in [6.45, 7) is -0.736. The van der Waals surface area contributed by atoms with Crippen molar-refractivity contribution in [1.29, 1.82) is 0 Å². The molecular weight excluding hydrogens is 170 g/mol. The number of alkyl halides is 1. The normalized spacial score (nSPS) is 21.5. The Morgan fingerprint density at radius 1 is 1.00 bits per heavy atom. The second-order valence-electron chi connectivity index (χ2n) is 2.48.